The summed E-state index contributed by atoms with van der Waals surface area (Å²) in [6.45, 7) is 2.12. The molecule has 0 amide bonds. The van der Waals surface area contributed by atoms with Crippen LogP contribution in [0.1, 0.15) is 37.4 Å². The molecule has 1 aromatic carbocycles. The standard InChI is InChI=1S/C23H23F4N3/c1-22-11-13-12-29-30(16-5-3-15(24)4-6-16)20(13)10-14(22)2-7-17-18(22)8-9-19(21(17)28)23(25,26)27/h3-6,8,10,12,17,19,21H,2,7,9,11,28H2,1H3/t17-,19+,21+,22?/m0/s1. The van der Waals surface area contributed by atoms with Crippen LogP contribution < -0.4 is 5.73 Å². The first kappa shape index (κ1) is 19.5. The van der Waals surface area contributed by atoms with Crippen LogP contribution in [0.25, 0.3) is 11.8 Å². The van der Waals surface area contributed by atoms with E-state index in [1.807, 2.05) is 6.20 Å². The van der Waals surface area contributed by atoms with Gasteiger partial charge in [0, 0.05) is 11.5 Å². The predicted octanol–water partition coefficient (Wildman–Crippen LogP) is 5.20. The fourth-order valence-electron chi connectivity index (χ4n) is 5.62. The van der Waals surface area contributed by atoms with E-state index in [4.69, 9.17) is 5.73 Å². The molecule has 0 saturated heterocycles. The van der Waals surface area contributed by atoms with E-state index in [2.05, 4.69) is 18.1 Å². The molecule has 0 spiro atoms. The van der Waals surface area contributed by atoms with Crippen molar-refractivity contribution in [1.82, 2.24) is 9.78 Å². The van der Waals surface area contributed by atoms with E-state index in [0.717, 1.165) is 22.5 Å². The van der Waals surface area contributed by atoms with Crippen LogP contribution in [0, 0.1) is 23.1 Å². The van der Waals surface area contributed by atoms with Crippen LogP contribution in [0.15, 0.2) is 47.7 Å². The van der Waals surface area contributed by atoms with Gasteiger partial charge in [-0.1, -0.05) is 24.1 Å². The average Bonchev–Trinajstić information content (AvgIpc) is 3.08. The normalized spacial score (nSPS) is 30.7. The Balaban J connectivity index is 1.53. The fraction of sp³-hybridized carbons (Fsp3) is 0.435. The number of nitrogens with two attached hydrogens (primary N) is 1. The van der Waals surface area contributed by atoms with Crippen LogP contribution in [0.4, 0.5) is 17.6 Å². The molecule has 0 radical (unpaired) electrons. The SMILES string of the molecule is CC12Cc3cnn(-c4ccc(F)cc4)c3C=C1CC[C@H]1C2=CC[C@@H](C(F)(F)F)[C@@H]1N. The zero-order valence-corrected chi connectivity index (χ0v) is 16.6. The highest BCUT2D eigenvalue weighted by molar-refractivity contribution is 5.63. The summed E-state index contributed by atoms with van der Waals surface area (Å²) in [7, 11) is 0. The van der Waals surface area contributed by atoms with Crippen LogP contribution in [-0.4, -0.2) is 22.0 Å². The lowest BCUT2D eigenvalue weighted by molar-refractivity contribution is -0.184. The van der Waals surface area contributed by atoms with Crippen molar-refractivity contribution in [2.75, 3.05) is 0 Å². The van der Waals surface area contributed by atoms with Gasteiger partial charge in [0.15, 0.2) is 0 Å². The van der Waals surface area contributed by atoms with Gasteiger partial charge in [-0.25, -0.2) is 9.07 Å². The van der Waals surface area contributed by atoms with Crippen molar-refractivity contribution in [3.05, 3.63) is 64.8 Å². The first-order valence-electron chi connectivity index (χ1n) is 10.3. The number of rotatable bonds is 1. The molecule has 3 aliphatic rings. The minimum Gasteiger partial charge on any atom is -0.327 e. The monoisotopic (exact) mass is 417 g/mol. The van der Waals surface area contributed by atoms with Gasteiger partial charge in [-0.3, -0.25) is 0 Å². The molecule has 1 fully saturated rings. The van der Waals surface area contributed by atoms with E-state index in [1.54, 1.807) is 22.9 Å². The minimum atomic E-state index is -4.27. The molecule has 7 heteroatoms. The van der Waals surface area contributed by atoms with Crippen molar-refractivity contribution in [3.63, 3.8) is 0 Å². The molecule has 3 nitrogen and oxygen atoms in total. The summed E-state index contributed by atoms with van der Waals surface area (Å²) in [5.41, 5.74) is 10.9. The molecular formula is C23H23F4N3. The number of halogens is 4. The first-order valence-corrected chi connectivity index (χ1v) is 10.3. The van der Waals surface area contributed by atoms with Gasteiger partial charge < -0.3 is 5.73 Å². The molecule has 1 aromatic heterocycles. The van der Waals surface area contributed by atoms with Crippen LogP contribution in [0.3, 0.4) is 0 Å². The van der Waals surface area contributed by atoms with E-state index in [9.17, 15) is 17.6 Å². The second-order valence-corrected chi connectivity index (χ2v) is 8.89. The number of alkyl halides is 3. The molecule has 3 aliphatic carbocycles. The Labute approximate surface area is 172 Å². The summed E-state index contributed by atoms with van der Waals surface area (Å²) in [6, 6.07) is 5.28. The third-order valence-electron chi connectivity index (χ3n) is 7.22. The van der Waals surface area contributed by atoms with Gasteiger partial charge in [-0.05, 0) is 67.5 Å². The van der Waals surface area contributed by atoms with Crippen molar-refractivity contribution in [3.8, 4) is 5.69 Å². The summed E-state index contributed by atoms with van der Waals surface area (Å²) in [5.74, 6) is -2.02. The lowest BCUT2D eigenvalue weighted by atomic mass is 9.55. The Bertz CT molecular complexity index is 1050. The summed E-state index contributed by atoms with van der Waals surface area (Å²) in [5, 5.41) is 4.51. The quantitative estimate of drug-likeness (QED) is 0.512. The van der Waals surface area contributed by atoms with Crippen LogP contribution in [0.2, 0.25) is 0 Å². The maximum Gasteiger partial charge on any atom is 0.393 e. The molecule has 2 aromatic rings. The highest BCUT2D eigenvalue weighted by Gasteiger charge is 2.53. The maximum atomic E-state index is 13.4. The van der Waals surface area contributed by atoms with Gasteiger partial charge in [0.2, 0.25) is 0 Å². The average molecular weight is 417 g/mol. The summed E-state index contributed by atoms with van der Waals surface area (Å²) >= 11 is 0. The van der Waals surface area contributed by atoms with Gasteiger partial charge in [0.25, 0.3) is 0 Å². The number of allylic oxidation sites excluding steroid dienone is 2. The van der Waals surface area contributed by atoms with Crippen LogP contribution >= 0.6 is 0 Å². The summed E-state index contributed by atoms with van der Waals surface area (Å²) in [6.07, 6.45) is 3.42. The zero-order valence-electron chi connectivity index (χ0n) is 16.6. The Morgan fingerprint density at radius 2 is 1.93 bits per heavy atom. The number of aromatic nitrogens is 2. The molecule has 2 N–H and O–H groups in total. The third kappa shape index (κ3) is 2.86. The topological polar surface area (TPSA) is 43.8 Å². The molecule has 30 heavy (non-hydrogen) atoms. The Morgan fingerprint density at radius 1 is 1.20 bits per heavy atom. The fourth-order valence-corrected chi connectivity index (χ4v) is 5.62. The molecule has 0 bridgehead atoms. The third-order valence-corrected chi connectivity index (χ3v) is 7.22. The summed E-state index contributed by atoms with van der Waals surface area (Å²) in [4.78, 5) is 0. The van der Waals surface area contributed by atoms with Crippen LogP contribution in [-0.2, 0) is 6.42 Å². The smallest absolute Gasteiger partial charge is 0.327 e. The predicted molar refractivity (Wildman–Crippen MR) is 106 cm³/mol. The van der Waals surface area contributed by atoms with E-state index >= 15 is 0 Å². The van der Waals surface area contributed by atoms with E-state index < -0.39 is 18.1 Å². The Kier molecular flexibility index (Phi) is 4.26. The van der Waals surface area contributed by atoms with Crippen molar-refractivity contribution >= 4 is 6.08 Å². The van der Waals surface area contributed by atoms with E-state index in [0.29, 0.717) is 19.3 Å². The van der Waals surface area contributed by atoms with Crippen molar-refractivity contribution in [2.24, 2.45) is 23.0 Å². The highest BCUT2D eigenvalue weighted by Crippen LogP contribution is 2.56. The lowest BCUT2D eigenvalue weighted by Crippen LogP contribution is -2.51. The molecule has 158 valence electrons. The maximum absolute atomic E-state index is 13.4. The van der Waals surface area contributed by atoms with Crippen LogP contribution in [0.5, 0.6) is 0 Å². The number of hydrogen-bond donors (Lipinski definition) is 1. The zero-order chi connectivity index (χ0) is 21.3. The number of nitrogens with zero attached hydrogens (tertiary/aromatic N) is 2. The summed E-state index contributed by atoms with van der Waals surface area (Å²) < 4.78 is 55.3. The lowest BCUT2D eigenvalue weighted by Gasteiger charge is -2.50. The molecule has 1 heterocycles. The van der Waals surface area contributed by atoms with Crippen molar-refractivity contribution < 1.29 is 17.6 Å². The van der Waals surface area contributed by atoms with Gasteiger partial charge >= 0.3 is 6.18 Å². The molecule has 5 rings (SSSR count). The largest absolute Gasteiger partial charge is 0.393 e. The van der Waals surface area contributed by atoms with Gasteiger partial charge in [-0.2, -0.15) is 18.3 Å². The second kappa shape index (κ2) is 6.54. The van der Waals surface area contributed by atoms with Crippen molar-refractivity contribution in [2.45, 2.75) is 44.8 Å². The van der Waals surface area contributed by atoms with E-state index in [1.165, 1.54) is 17.7 Å². The number of benzene rings is 1. The number of fused-ring (bicyclic) bond motifs is 4. The van der Waals surface area contributed by atoms with E-state index in [-0.39, 0.29) is 23.6 Å². The molecule has 0 aliphatic heterocycles. The molecule has 4 atom stereocenters. The first-order chi connectivity index (χ1) is 14.2. The van der Waals surface area contributed by atoms with Gasteiger partial charge in [0.1, 0.15) is 5.82 Å². The molecular weight excluding hydrogens is 394 g/mol. The van der Waals surface area contributed by atoms with Gasteiger partial charge in [-0.15, -0.1) is 0 Å². The van der Waals surface area contributed by atoms with Gasteiger partial charge in [0.05, 0.1) is 23.5 Å². The molecule has 1 saturated carbocycles. The Morgan fingerprint density at radius 3 is 2.63 bits per heavy atom. The number of hydrogen-bond acceptors (Lipinski definition) is 2. The highest BCUT2D eigenvalue weighted by atomic mass is 19.4. The minimum absolute atomic E-state index is 0.0545. The molecule has 1 unspecified atom stereocenters. The second-order valence-electron chi connectivity index (χ2n) is 8.89. The Hall–Kier alpha value is -2.41. The van der Waals surface area contributed by atoms with Crippen molar-refractivity contribution in [1.29, 1.82) is 0 Å².